The van der Waals surface area contributed by atoms with E-state index < -0.39 is 0 Å². The van der Waals surface area contributed by atoms with Gasteiger partial charge in [-0.2, -0.15) is 0 Å². The second-order valence-corrected chi connectivity index (χ2v) is 4.74. The van der Waals surface area contributed by atoms with Crippen LogP contribution in [0.5, 0.6) is 0 Å². The molecule has 0 aliphatic heterocycles. The molecule has 0 saturated carbocycles. The molecule has 102 valence electrons. The Bertz CT molecular complexity index is 518. The molecule has 0 radical (unpaired) electrons. The van der Waals surface area contributed by atoms with E-state index in [4.69, 9.17) is 4.74 Å². The zero-order valence-corrected chi connectivity index (χ0v) is 12.0. The number of hydrogen-bond acceptors (Lipinski definition) is 2. The van der Waals surface area contributed by atoms with Crippen molar-refractivity contribution in [1.82, 2.24) is 5.32 Å². The Morgan fingerprint density at radius 2 is 1.79 bits per heavy atom. The number of rotatable bonds is 6. The van der Waals surface area contributed by atoms with E-state index in [1.165, 1.54) is 16.3 Å². The van der Waals surface area contributed by atoms with Crippen molar-refractivity contribution in [3.05, 3.63) is 48.0 Å². The van der Waals surface area contributed by atoms with Crippen LogP contribution in [-0.4, -0.2) is 19.8 Å². The van der Waals surface area contributed by atoms with E-state index in [9.17, 15) is 0 Å². The fourth-order valence-corrected chi connectivity index (χ4v) is 2.73. The van der Waals surface area contributed by atoms with Gasteiger partial charge < -0.3 is 10.1 Å². The predicted octanol–water partition coefficient (Wildman–Crippen LogP) is 3.92. The van der Waals surface area contributed by atoms with Gasteiger partial charge in [-0.3, -0.25) is 0 Å². The molecule has 0 fully saturated rings. The average Bonchev–Trinajstić information content (AvgIpc) is 2.47. The Labute approximate surface area is 115 Å². The maximum Gasteiger partial charge on any atom is 0.0767 e. The van der Waals surface area contributed by atoms with Crippen LogP contribution in [0.15, 0.2) is 42.5 Å². The van der Waals surface area contributed by atoms with Crippen molar-refractivity contribution in [2.24, 2.45) is 0 Å². The summed E-state index contributed by atoms with van der Waals surface area (Å²) in [5.41, 5.74) is 1.32. The van der Waals surface area contributed by atoms with Crippen molar-refractivity contribution in [1.29, 1.82) is 0 Å². The fourth-order valence-electron chi connectivity index (χ4n) is 2.73. The highest BCUT2D eigenvalue weighted by molar-refractivity contribution is 5.86. The largest absolute Gasteiger partial charge is 0.377 e. The lowest BCUT2D eigenvalue weighted by Crippen LogP contribution is -2.31. The smallest absolute Gasteiger partial charge is 0.0767 e. The molecule has 2 aromatic rings. The molecule has 0 spiro atoms. The first-order chi connectivity index (χ1) is 9.31. The van der Waals surface area contributed by atoms with Gasteiger partial charge in [0, 0.05) is 6.61 Å². The summed E-state index contributed by atoms with van der Waals surface area (Å²) >= 11 is 0. The van der Waals surface area contributed by atoms with Gasteiger partial charge in [-0.15, -0.1) is 0 Å². The number of benzene rings is 2. The Hall–Kier alpha value is -1.38. The van der Waals surface area contributed by atoms with Crippen LogP contribution in [0.1, 0.15) is 31.9 Å². The molecule has 2 heteroatoms. The Morgan fingerprint density at radius 1 is 1.05 bits per heavy atom. The van der Waals surface area contributed by atoms with Crippen LogP contribution in [0.25, 0.3) is 10.8 Å². The van der Waals surface area contributed by atoms with Crippen LogP contribution in [0.3, 0.4) is 0 Å². The SMILES string of the molecule is CCOC(CC)C(NC)c1cccc2ccccc12. The fraction of sp³-hybridized carbons (Fsp3) is 0.412. The zero-order chi connectivity index (χ0) is 13.7. The second kappa shape index (κ2) is 6.69. The molecular formula is C17H23NO. The summed E-state index contributed by atoms with van der Waals surface area (Å²) in [6.07, 6.45) is 1.21. The summed E-state index contributed by atoms with van der Waals surface area (Å²) in [4.78, 5) is 0. The van der Waals surface area contributed by atoms with Gasteiger partial charge in [0.05, 0.1) is 12.1 Å². The molecular weight excluding hydrogens is 234 g/mol. The number of ether oxygens (including phenoxy) is 1. The van der Waals surface area contributed by atoms with E-state index >= 15 is 0 Å². The Balaban J connectivity index is 2.45. The van der Waals surface area contributed by atoms with Crippen molar-refractivity contribution in [2.75, 3.05) is 13.7 Å². The first-order valence-corrected chi connectivity index (χ1v) is 7.08. The normalized spacial score (nSPS) is 14.5. The minimum atomic E-state index is 0.209. The molecule has 0 heterocycles. The number of fused-ring (bicyclic) bond motifs is 1. The van der Waals surface area contributed by atoms with E-state index in [-0.39, 0.29) is 12.1 Å². The first kappa shape index (κ1) is 14.0. The van der Waals surface area contributed by atoms with E-state index in [0.717, 1.165) is 13.0 Å². The molecule has 2 atom stereocenters. The predicted molar refractivity (Wildman–Crippen MR) is 81.5 cm³/mol. The summed E-state index contributed by atoms with van der Waals surface area (Å²) in [5.74, 6) is 0. The standard InChI is InChI=1S/C17H23NO/c1-4-16(19-5-2)17(18-3)15-12-8-10-13-9-6-7-11-14(13)15/h6-12,16-18H,4-5H2,1-3H3. The van der Waals surface area contributed by atoms with Crippen molar-refractivity contribution < 1.29 is 4.74 Å². The van der Waals surface area contributed by atoms with Gasteiger partial charge in [0.25, 0.3) is 0 Å². The molecule has 0 saturated heterocycles. The highest BCUT2D eigenvalue weighted by Gasteiger charge is 2.21. The molecule has 0 amide bonds. The second-order valence-electron chi connectivity index (χ2n) is 4.74. The first-order valence-electron chi connectivity index (χ1n) is 7.08. The minimum absolute atomic E-state index is 0.209. The molecule has 2 unspecified atom stereocenters. The van der Waals surface area contributed by atoms with Crippen molar-refractivity contribution >= 4 is 10.8 Å². The van der Waals surface area contributed by atoms with Crippen LogP contribution < -0.4 is 5.32 Å². The summed E-state index contributed by atoms with van der Waals surface area (Å²) in [7, 11) is 2.01. The molecule has 0 aromatic heterocycles. The number of nitrogens with one attached hydrogen (secondary N) is 1. The maximum atomic E-state index is 5.88. The topological polar surface area (TPSA) is 21.3 Å². The minimum Gasteiger partial charge on any atom is -0.377 e. The molecule has 2 rings (SSSR count). The molecule has 19 heavy (non-hydrogen) atoms. The van der Waals surface area contributed by atoms with Gasteiger partial charge in [0.2, 0.25) is 0 Å². The van der Waals surface area contributed by atoms with Gasteiger partial charge in [0.1, 0.15) is 0 Å². The summed E-state index contributed by atoms with van der Waals surface area (Å²) in [5, 5.41) is 6.01. The highest BCUT2D eigenvalue weighted by atomic mass is 16.5. The number of likely N-dealkylation sites (N-methyl/N-ethyl adjacent to an activating group) is 1. The summed E-state index contributed by atoms with van der Waals surface area (Å²) in [6.45, 7) is 4.98. The maximum absolute atomic E-state index is 5.88. The van der Waals surface area contributed by atoms with Gasteiger partial charge in [-0.1, -0.05) is 49.4 Å². The van der Waals surface area contributed by atoms with Gasteiger partial charge in [-0.25, -0.2) is 0 Å². The van der Waals surface area contributed by atoms with Crippen LogP contribution in [0.2, 0.25) is 0 Å². The van der Waals surface area contributed by atoms with Crippen molar-refractivity contribution in [3.63, 3.8) is 0 Å². The lowest BCUT2D eigenvalue weighted by Gasteiger charge is -2.27. The van der Waals surface area contributed by atoms with Gasteiger partial charge in [-0.05, 0) is 36.7 Å². The monoisotopic (exact) mass is 257 g/mol. The highest BCUT2D eigenvalue weighted by Crippen LogP contribution is 2.28. The molecule has 1 N–H and O–H groups in total. The zero-order valence-electron chi connectivity index (χ0n) is 12.0. The Morgan fingerprint density at radius 3 is 2.47 bits per heavy atom. The van der Waals surface area contributed by atoms with Crippen LogP contribution >= 0.6 is 0 Å². The third-order valence-electron chi connectivity index (χ3n) is 3.62. The lowest BCUT2D eigenvalue weighted by atomic mass is 9.94. The van der Waals surface area contributed by atoms with Crippen LogP contribution in [0, 0.1) is 0 Å². The summed E-state index contributed by atoms with van der Waals surface area (Å²) < 4.78 is 5.88. The Kier molecular flexibility index (Phi) is 4.94. The summed E-state index contributed by atoms with van der Waals surface area (Å²) in [6, 6.07) is 15.2. The number of hydrogen-bond donors (Lipinski definition) is 1. The van der Waals surface area contributed by atoms with Crippen LogP contribution in [-0.2, 0) is 4.74 Å². The third kappa shape index (κ3) is 2.96. The molecule has 0 aliphatic carbocycles. The van der Waals surface area contributed by atoms with Gasteiger partial charge >= 0.3 is 0 Å². The average molecular weight is 257 g/mol. The van der Waals surface area contributed by atoms with Gasteiger partial charge in [0.15, 0.2) is 0 Å². The van der Waals surface area contributed by atoms with E-state index in [2.05, 4.69) is 61.6 Å². The molecule has 2 aromatic carbocycles. The van der Waals surface area contributed by atoms with E-state index in [0.29, 0.717) is 0 Å². The third-order valence-corrected chi connectivity index (χ3v) is 3.62. The van der Waals surface area contributed by atoms with Crippen molar-refractivity contribution in [2.45, 2.75) is 32.4 Å². The molecule has 2 nitrogen and oxygen atoms in total. The molecule has 0 bridgehead atoms. The lowest BCUT2D eigenvalue weighted by molar-refractivity contribution is 0.0337. The van der Waals surface area contributed by atoms with Crippen LogP contribution in [0.4, 0.5) is 0 Å². The molecule has 0 aliphatic rings. The van der Waals surface area contributed by atoms with E-state index in [1.807, 2.05) is 7.05 Å². The quantitative estimate of drug-likeness (QED) is 0.847. The van der Waals surface area contributed by atoms with E-state index in [1.54, 1.807) is 0 Å². The van der Waals surface area contributed by atoms with Crippen molar-refractivity contribution in [3.8, 4) is 0 Å².